The topological polar surface area (TPSA) is 83.6 Å². The van der Waals surface area contributed by atoms with E-state index in [4.69, 9.17) is 0 Å². The molecule has 0 bridgehead atoms. The highest BCUT2D eigenvalue weighted by molar-refractivity contribution is 14.1. The average Bonchev–Trinajstić information content (AvgIpc) is 3.02. The molecule has 6 nitrogen and oxygen atoms in total. The zero-order chi connectivity index (χ0) is 14.7. The minimum Gasteiger partial charge on any atom is -0.322 e. The van der Waals surface area contributed by atoms with Crippen LogP contribution in [0.1, 0.15) is 10.4 Å². The number of H-pyrrole nitrogens is 1. The van der Waals surface area contributed by atoms with Gasteiger partial charge in [0.2, 0.25) is 5.82 Å². The van der Waals surface area contributed by atoms with Crippen LogP contribution >= 0.6 is 22.6 Å². The molecule has 0 unspecified atom stereocenters. The second-order valence-electron chi connectivity index (χ2n) is 4.25. The fourth-order valence-corrected chi connectivity index (χ4v) is 2.50. The van der Waals surface area contributed by atoms with Gasteiger partial charge in [0.05, 0.1) is 5.56 Å². The van der Waals surface area contributed by atoms with Crippen LogP contribution in [0.3, 0.4) is 0 Å². The number of aromatic amines is 1. The highest BCUT2D eigenvalue weighted by atomic mass is 127. The molecule has 1 aromatic heterocycles. The van der Waals surface area contributed by atoms with Crippen LogP contribution in [0.2, 0.25) is 0 Å². The number of rotatable bonds is 3. The molecule has 0 spiro atoms. The molecule has 0 atom stereocenters. The number of halogens is 1. The van der Waals surface area contributed by atoms with Gasteiger partial charge >= 0.3 is 0 Å². The number of nitrogens with zero attached hydrogens (tertiary/aromatic N) is 3. The van der Waals surface area contributed by atoms with Gasteiger partial charge in [0, 0.05) is 14.8 Å². The molecule has 0 saturated carbocycles. The largest absolute Gasteiger partial charge is 0.322 e. The third kappa shape index (κ3) is 3.07. The molecule has 0 aliphatic rings. The van der Waals surface area contributed by atoms with E-state index in [0.717, 1.165) is 9.13 Å². The van der Waals surface area contributed by atoms with E-state index < -0.39 is 0 Å². The molecule has 2 N–H and O–H groups in total. The van der Waals surface area contributed by atoms with Crippen LogP contribution in [0.5, 0.6) is 0 Å². The van der Waals surface area contributed by atoms with E-state index in [2.05, 4.69) is 48.5 Å². The number of carbonyl (C=O) groups is 1. The molecule has 0 aliphatic heterocycles. The van der Waals surface area contributed by atoms with E-state index in [9.17, 15) is 4.79 Å². The molecule has 104 valence electrons. The van der Waals surface area contributed by atoms with Gasteiger partial charge in [0.15, 0.2) is 0 Å². The highest BCUT2D eigenvalue weighted by Crippen LogP contribution is 2.20. The van der Waals surface area contributed by atoms with Crippen LogP contribution in [0.4, 0.5) is 5.69 Å². The number of tetrazole rings is 1. The summed E-state index contributed by atoms with van der Waals surface area (Å²) in [6.07, 6.45) is 0. The number of anilines is 1. The van der Waals surface area contributed by atoms with Gasteiger partial charge in [0.1, 0.15) is 0 Å². The first-order valence-corrected chi connectivity index (χ1v) is 7.22. The van der Waals surface area contributed by atoms with Crippen molar-refractivity contribution in [1.82, 2.24) is 20.6 Å². The normalized spacial score (nSPS) is 10.3. The molecular weight excluding hydrogens is 381 g/mol. The lowest BCUT2D eigenvalue weighted by Crippen LogP contribution is -2.13. The molecule has 1 heterocycles. The van der Waals surface area contributed by atoms with Crippen molar-refractivity contribution in [2.24, 2.45) is 0 Å². The minimum atomic E-state index is -0.148. The molecular formula is C14H10IN5O. The minimum absolute atomic E-state index is 0.148. The van der Waals surface area contributed by atoms with Gasteiger partial charge in [-0.05, 0) is 52.1 Å². The molecule has 2 aromatic carbocycles. The first-order chi connectivity index (χ1) is 10.2. The standard InChI is InChI=1S/C14H10IN5O/c15-12-7-2-1-6-11(12)14(21)16-10-5-3-4-9(8-10)13-17-19-20-18-13/h1-8H,(H,16,21)(H,17,18,19,20). The Morgan fingerprint density at radius 2 is 2.00 bits per heavy atom. The Morgan fingerprint density at radius 3 is 2.76 bits per heavy atom. The van der Waals surface area contributed by atoms with E-state index in [1.165, 1.54) is 0 Å². The number of nitrogens with one attached hydrogen (secondary N) is 2. The lowest BCUT2D eigenvalue weighted by Gasteiger charge is -2.07. The van der Waals surface area contributed by atoms with E-state index >= 15 is 0 Å². The molecule has 21 heavy (non-hydrogen) atoms. The summed E-state index contributed by atoms with van der Waals surface area (Å²) in [6, 6.07) is 14.7. The highest BCUT2D eigenvalue weighted by Gasteiger charge is 2.10. The maximum absolute atomic E-state index is 12.3. The Balaban J connectivity index is 1.84. The van der Waals surface area contributed by atoms with Gasteiger partial charge in [-0.1, -0.05) is 24.3 Å². The van der Waals surface area contributed by atoms with Crippen LogP contribution in [0.25, 0.3) is 11.4 Å². The van der Waals surface area contributed by atoms with E-state index in [1.54, 1.807) is 12.1 Å². The van der Waals surface area contributed by atoms with Gasteiger partial charge < -0.3 is 5.32 Å². The van der Waals surface area contributed by atoms with Crippen LogP contribution in [0.15, 0.2) is 48.5 Å². The van der Waals surface area contributed by atoms with Crippen molar-refractivity contribution in [2.75, 3.05) is 5.32 Å². The summed E-state index contributed by atoms with van der Waals surface area (Å²) in [4.78, 5) is 12.3. The number of benzene rings is 2. The summed E-state index contributed by atoms with van der Waals surface area (Å²) >= 11 is 2.14. The summed E-state index contributed by atoms with van der Waals surface area (Å²) < 4.78 is 0.905. The van der Waals surface area contributed by atoms with E-state index in [1.807, 2.05) is 36.4 Å². The van der Waals surface area contributed by atoms with Gasteiger partial charge in [0.25, 0.3) is 5.91 Å². The number of hydrogen-bond donors (Lipinski definition) is 2. The Bertz CT molecular complexity index is 773. The van der Waals surface area contributed by atoms with Gasteiger partial charge in [-0.3, -0.25) is 4.79 Å². The molecule has 0 fully saturated rings. The third-order valence-electron chi connectivity index (χ3n) is 2.84. The Hall–Kier alpha value is -2.29. The first-order valence-electron chi connectivity index (χ1n) is 6.14. The summed E-state index contributed by atoms with van der Waals surface area (Å²) in [7, 11) is 0. The quantitative estimate of drug-likeness (QED) is 0.673. The van der Waals surface area contributed by atoms with Crippen molar-refractivity contribution < 1.29 is 4.79 Å². The predicted octanol–water partition coefficient (Wildman–Crippen LogP) is 2.72. The maximum Gasteiger partial charge on any atom is 0.256 e. The van der Waals surface area contributed by atoms with Gasteiger partial charge in [-0.2, -0.15) is 5.21 Å². The lowest BCUT2D eigenvalue weighted by molar-refractivity contribution is 0.102. The van der Waals surface area contributed by atoms with Crippen LogP contribution < -0.4 is 5.32 Å². The summed E-state index contributed by atoms with van der Waals surface area (Å²) in [5.41, 5.74) is 2.11. The zero-order valence-electron chi connectivity index (χ0n) is 10.7. The predicted molar refractivity (Wildman–Crippen MR) is 86.7 cm³/mol. The lowest BCUT2D eigenvalue weighted by atomic mass is 10.1. The molecule has 0 radical (unpaired) electrons. The van der Waals surface area contributed by atoms with Crippen molar-refractivity contribution in [3.05, 3.63) is 57.7 Å². The molecule has 7 heteroatoms. The fourth-order valence-electron chi connectivity index (χ4n) is 1.86. The monoisotopic (exact) mass is 391 g/mol. The van der Waals surface area contributed by atoms with Crippen LogP contribution in [-0.4, -0.2) is 26.5 Å². The zero-order valence-corrected chi connectivity index (χ0v) is 12.9. The molecule has 3 aromatic rings. The molecule has 3 rings (SSSR count). The second-order valence-corrected chi connectivity index (χ2v) is 5.41. The Morgan fingerprint density at radius 1 is 1.14 bits per heavy atom. The second kappa shape index (κ2) is 6.00. The van der Waals surface area contributed by atoms with E-state index in [0.29, 0.717) is 17.1 Å². The molecule has 1 amide bonds. The fraction of sp³-hybridized carbons (Fsp3) is 0. The van der Waals surface area contributed by atoms with Crippen molar-refractivity contribution in [2.45, 2.75) is 0 Å². The summed E-state index contributed by atoms with van der Waals surface area (Å²) in [6.45, 7) is 0. The summed E-state index contributed by atoms with van der Waals surface area (Å²) in [5, 5.41) is 16.6. The molecule has 0 saturated heterocycles. The van der Waals surface area contributed by atoms with Crippen molar-refractivity contribution in [3.8, 4) is 11.4 Å². The molecule has 0 aliphatic carbocycles. The van der Waals surface area contributed by atoms with Gasteiger partial charge in [-0.15, -0.1) is 10.2 Å². The van der Waals surface area contributed by atoms with Crippen LogP contribution in [0, 0.1) is 3.57 Å². The van der Waals surface area contributed by atoms with E-state index in [-0.39, 0.29) is 5.91 Å². The Kier molecular flexibility index (Phi) is 3.91. The van der Waals surface area contributed by atoms with Crippen molar-refractivity contribution >= 4 is 34.2 Å². The number of amides is 1. The van der Waals surface area contributed by atoms with Crippen molar-refractivity contribution in [1.29, 1.82) is 0 Å². The van der Waals surface area contributed by atoms with Gasteiger partial charge in [-0.25, -0.2) is 0 Å². The van der Waals surface area contributed by atoms with Crippen LogP contribution in [-0.2, 0) is 0 Å². The smallest absolute Gasteiger partial charge is 0.256 e. The first kappa shape index (κ1) is 13.7. The average molecular weight is 391 g/mol. The Labute approximate surface area is 134 Å². The number of carbonyl (C=O) groups excluding carboxylic acids is 1. The maximum atomic E-state index is 12.3. The third-order valence-corrected chi connectivity index (χ3v) is 3.78. The van der Waals surface area contributed by atoms with Crippen molar-refractivity contribution in [3.63, 3.8) is 0 Å². The number of aromatic nitrogens is 4. The summed E-state index contributed by atoms with van der Waals surface area (Å²) in [5.74, 6) is 0.339. The number of hydrogen-bond acceptors (Lipinski definition) is 4. The SMILES string of the molecule is O=C(Nc1cccc(-c2nn[nH]n2)c1)c1ccccc1I.